The Kier molecular flexibility index (Phi) is 6.73. The van der Waals surface area contributed by atoms with E-state index in [0.29, 0.717) is 11.5 Å². The molecule has 0 atom stereocenters. The molecule has 1 aliphatic rings. The van der Waals surface area contributed by atoms with Gasteiger partial charge in [0.15, 0.2) is 0 Å². The number of non-ortho nitro benzene ring substituents is 1. The Morgan fingerprint density at radius 1 is 0.968 bits per heavy atom. The first-order valence-electron chi connectivity index (χ1n) is 8.79. The van der Waals surface area contributed by atoms with Gasteiger partial charge in [-0.25, -0.2) is 4.79 Å². The van der Waals surface area contributed by atoms with Crippen molar-refractivity contribution in [1.82, 2.24) is 0 Å². The first-order chi connectivity index (χ1) is 14.4. The lowest BCUT2D eigenvalue weighted by atomic mass is 10.1. The number of quaternary nitrogens is 1. The van der Waals surface area contributed by atoms with Crippen LogP contribution >= 0.6 is 22.6 Å². The first-order valence-corrected chi connectivity index (χ1v) is 9.87. The second-order valence-corrected chi connectivity index (χ2v) is 7.63. The van der Waals surface area contributed by atoms with Gasteiger partial charge in [-0.2, -0.15) is 5.43 Å². The number of halogens is 2. The molecule has 3 aromatic carbocycles. The number of nitrogens with two attached hydrogens (primary N) is 1. The minimum absolute atomic E-state index is 0. The van der Waals surface area contributed by atoms with Crippen LogP contribution in [-0.4, -0.2) is 21.8 Å². The van der Waals surface area contributed by atoms with Crippen molar-refractivity contribution in [2.75, 3.05) is 10.2 Å². The van der Waals surface area contributed by atoms with Crippen LogP contribution in [0.3, 0.4) is 0 Å². The van der Waals surface area contributed by atoms with Crippen molar-refractivity contribution in [3.05, 3.63) is 97.6 Å². The number of nitro groups is 1. The molecule has 0 spiro atoms. The van der Waals surface area contributed by atoms with E-state index in [1.165, 1.54) is 24.3 Å². The van der Waals surface area contributed by atoms with Crippen molar-refractivity contribution < 1.29 is 32.7 Å². The molecule has 0 saturated heterocycles. The van der Waals surface area contributed by atoms with Crippen LogP contribution in [0.25, 0.3) is 0 Å². The molecule has 158 valence electrons. The number of amidine groups is 1. The molecule has 3 aromatic rings. The molecule has 3 N–H and O–H groups in total. The largest absolute Gasteiger partial charge is 1.00 e. The zero-order valence-electron chi connectivity index (χ0n) is 15.7. The van der Waals surface area contributed by atoms with Gasteiger partial charge in [0.1, 0.15) is 5.69 Å². The number of hydrogen-bond acceptors (Lipinski definition) is 6. The molecule has 1 heterocycles. The Bertz CT molecular complexity index is 1140. The number of nitrogens with zero attached hydrogens (tertiary/aromatic N) is 4. The number of benzene rings is 3. The fourth-order valence-electron chi connectivity index (χ4n) is 2.93. The fourth-order valence-corrected chi connectivity index (χ4v) is 3.29. The number of hydrazone groups is 1. The highest BCUT2D eigenvalue weighted by Crippen LogP contribution is 2.25. The topological polar surface area (TPSA) is 116 Å². The average Bonchev–Trinajstić information content (AvgIpc) is 3.20. The summed E-state index contributed by atoms with van der Waals surface area (Å²) in [6.07, 6.45) is 0. The second-order valence-electron chi connectivity index (χ2n) is 6.38. The van der Waals surface area contributed by atoms with Crippen LogP contribution in [0, 0.1) is 13.7 Å². The van der Waals surface area contributed by atoms with Gasteiger partial charge in [0, 0.05) is 15.7 Å². The van der Waals surface area contributed by atoms with Crippen LogP contribution in [0.1, 0.15) is 15.9 Å². The lowest BCUT2D eigenvalue weighted by Gasteiger charge is -2.23. The maximum absolute atomic E-state index is 11.1. The molecule has 0 amide bonds. The highest BCUT2D eigenvalue weighted by atomic mass is 127. The number of nitro benzene ring substituents is 1. The molecule has 0 unspecified atom stereocenters. The summed E-state index contributed by atoms with van der Waals surface area (Å²) in [7, 11) is 0. The molecule has 11 heteroatoms. The fraction of sp³-hybridized carbons (Fsp3) is 0. The summed E-state index contributed by atoms with van der Waals surface area (Å²) >= 11 is 2.22. The third-order valence-corrected chi connectivity index (χ3v) is 5.18. The number of carboxylic acid groups (broad SMARTS) is 1. The molecular formula is C20H15ClIN5O4. The van der Waals surface area contributed by atoms with Gasteiger partial charge in [0.25, 0.3) is 11.5 Å². The van der Waals surface area contributed by atoms with E-state index in [1.807, 2.05) is 24.3 Å². The summed E-state index contributed by atoms with van der Waals surface area (Å²) in [5.74, 6) is -0.365. The highest BCUT2D eigenvalue weighted by molar-refractivity contribution is 14.1. The molecule has 0 aliphatic carbocycles. The molecular weight excluding hydrogens is 537 g/mol. The Morgan fingerprint density at radius 2 is 1.55 bits per heavy atom. The van der Waals surface area contributed by atoms with Crippen molar-refractivity contribution in [3.8, 4) is 0 Å². The number of anilines is 2. The lowest BCUT2D eigenvalue weighted by Crippen LogP contribution is -3.00. The molecule has 0 fully saturated rings. The maximum atomic E-state index is 11.1. The summed E-state index contributed by atoms with van der Waals surface area (Å²) in [6, 6.07) is 20.4. The number of rotatable bonds is 5. The van der Waals surface area contributed by atoms with Crippen LogP contribution in [-0.2, 0) is 0 Å². The molecule has 0 bridgehead atoms. The summed E-state index contributed by atoms with van der Waals surface area (Å²) < 4.78 is 1.08. The molecule has 9 nitrogen and oxygen atoms in total. The van der Waals surface area contributed by atoms with Crippen LogP contribution in [0.2, 0.25) is 0 Å². The van der Waals surface area contributed by atoms with Gasteiger partial charge in [0.2, 0.25) is 0 Å². The molecule has 4 rings (SSSR count). The molecule has 0 aromatic heterocycles. The van der Waals surface area contributed by atoms with E-state index < -0.39 is 10.9 Å². The van der Waals surface area contributed by atoms with Crippen LogP contribution < -0.4 is 28.1 Å². The molecule has 31 heavy (non-hydrogen) atoms. The summed E-state index contributed by atoms with van der Waals surface area (Å²) in [5.41, 5.74) is 4.25. The predicted octanol–water partition coefficient (Wildman–Crippen LogP) is -0.0166. The van der Waals surface area contributed by atoms with E-state index in [1.54, 1.807) is 39.9 Å². The van der Waals surface area contributed by atoms with Crippen molar-refractivity contribution in [3.63, 3.8) is 0 Å². The van der Waals surface area contributed by atoms with Crippen molar-refractivity contribution in [2.45, 2.75) is 0 Å². The van der Waals surface area contributed by atoms with Gasteiger partial charge in [-0.3, -0.25) is 10.1 Å². The number of hydrazine groups is 1. The van der Waals surface area contributed by atoms with Crippen molar-refractivity contribution in [1.29, 1.82) is 0 Å². The Morgan fingerprint density at radius 3 is 2.10 bits per heavy atom. The maximum Gasteiger partial charge on any atom is 0.335 e. The van der Waals surface area contributed by atoms with E-state index in [9.17, 15) is 14.9 Å². The van der Waals surface area contributed by atoms with Crippen LogP contribution in [0.15, 0.2) is 77.9 Å². The van der Waals surface area contributed by atoms with Gasteiger partial charge in [-0.05, 0) is 83.3 Å². The Hall–Kier alpha value is -3.22. The quantitative estimate of drug-likeness (QED) is 0.199. The van der Waals surface area contributed by atoms with E-state index in [0.717, 1.165) is 14.8 Å². The SMILES string of the molecule is O=C(O)c1ccc(C2=NN(c3ccc(I)cc3)N(c3ccc([N+](=O)[O-])cc3)[NH2+]2)cc1.[Cl-]. The van der Waals surface area contributed by atoms with Gasteiger partial charge < -0.3 is 17.5 Å². The second kappa shape index (κ2) is 9.29. The zero-order chi connectivity index (χ0) is 21.3. The summed E-state index contributed by atoms with van der Waals surface area (Å²) in [6.45, 7) is 0. The van der Waals surface area contributed by atoms with Gasteiger partial charge >= 0.3 is 5.97 Å². The Labute approximate surface area is 196 Å². The van der Waals surface area contributed by atoms with Crippen LogP contribution in [0.5, 0.6) is 0 Å². The van der Waals surface area contributed by atoms with Gasteiger partial charge in [-0.1, -0.05) is 5.10 Å². The smallest absolute Gasteiger partial charge is 0.335 e. The monoisotopic (exact) mass is 551 g/mol. The Balaban J connectivity index is 0.00000272. The van der Waals surface area contributed by atoms with Gasteiger partial charge in [0.05, 0.1) is 21.7 Å². The van der Waals surface area contributed by atoms with E-state index in [-0.39, 0.29) is 23.7 Å². The molecule has 1 aliphatic heterocycles. The number of aromatic carboxylic acids is 1. The average molecular weight is 552 g/mol. The normalized spacial score (nSPS) is 12.9. The van der Waals surface area contributed by atoms with Crippen molar-refractivity contribution >= 4 is 51.5 Å². The third-order valence-electron chi connectivity index (χ3n) is 4.46. The summed E-state index contributed by atoms with van der Waals surface area (Å²) in [4.78, 5) is 21.6. The zero-order valence-corrected chi connectivity index (χ0v) is 18.6. The number of carboxylic acids is 1. The number of carbonyl (C=O) groups is 1. The van der Waals surface area contributed by atoms with Gasteiger partial charge in [-0.15, -0.1) is 10.2 Å². The first kappa shape index (κ1) is 22.5. The third kappa shape index (κ3) is 4.76. The number of hydrogen-bond donors (Lipinski definition) is 2. The minimum atomic E-state index is -0.994. The minimum Gasteiger partial charge on any atom is -1.00 e. The highest BCUT2D eigenvalue weighted by Gasteiger charge is 2.31. The lowest BCUT2D eigenvalue weighted by molar-refractivity contribution is -0.545. The molecule has 0 radical (unpaired) electrons. The predicted molar refractivity (Wildman–Crippen MR) is 119 cm³/mol. The van der Waals surface area contributed by atoms with E-state index in [4.69, 9.17) is 5.11 Å². The summed E-state index contributed by atoms with van der Waals surface area (Å²) in [5, 5.41) is 28.2. The standard InChI is InChI=1S/C20H14IN5O4.ClH/c21-15-5-7-16(8-6-15)24-22-19(13-1-3-14(4-2-13)20(27)28)23-25(24)17-9-11-18(12-10-17)26(29)30;/h1-12H,(H,22,23)(H,27,28);1H. The van der Waals surface area contributed by atoms with Crippen LogP contribution in [0.4, 0.5) is 17.1 Å². The van der Waals surface area contributed by atoms with E-state index in [2.05, 4.69) is 27.7 Å². The van der Waals surface area contributed by atoms with Crippen molar-refractivity contribution in [2.24, 2.45) is 5.10 Å². The molecule has 0 saturated carbocycles. The van der Waals surface area contributed by atoms with E-state index >= 15 is 0 Å².